The number of hydrogen-bond donors (Lipinski definition) is 3. The number of hydrogen-bond acceptors (Lipinski definition) is 3. The molecule has 0 saturated carbocycles. The number of nitrogens with one attached hydrogen (secondary N) is 2. The van der Waals surface area contributed by atoms with Gasteiger partial charge in [0.25, 0.3) is 5.91 Å². The van der Waals surface area contributed by atoms with Gasteiger partial charge in [-0.15, -0.1) is 0 Å². The van der Waals surface area contributed by atoms with E-state index in [4.69, 9.17) is 17.0 Å². The minimum atomic E-state index is -0.179. The highest BCUT2D eigenvalue weighted by Gasteiger charge is 2.29. The molecule has 2 rings (SSSR count). The Morgan fingerprint density at radius 3 is 2.59 bits per heavy atom. The maximum atomic E-state index is 12.7. The smallest absolute Gasteiger partial charge is 0.253 e. The highest BCUT2D eigenvalue weighted by molar-refractivity contribution is 6.30. The lowest BCUT2D eigenvalue weighted by atomic mass is 9.89. The van der Waals surface area contributed by atoms with Crippen molar-refractivity contribution in [1.82, 2.24) is 15.1 Å². The minimum Gasteiger partial charge on any atom is -0.376 e. The van der Waals surface area contributed by atoms with Crippen molar-refractivity contribution in [2.24, 2.45) is 5.92 Å². The molecule has 1 aliphatic heterocycles. The first-order chi connectivity index (χ1) is 15.3. The highest BCUT2D eigenvalue weighted by Crippen LogP contribution is 2.24. The van der Waals surface area contributed by atoms with Crippen LogP contribution in [-0.2, 0) is 0 Å². The van der Waals surface area contributed by atoms with Gasteiger partial charge in [0.05, 0.1) is 0 Å². The van der Waals surface area contributed by atoms with Crippen LogP contribution >= 0.6 is 11.6 Å². The molecule has 1 aromatic rings. The molecule has 180 valence electrons. The SMILES string of the molecule is CCCCC(C)(CCCC)NC(=N)N(CO)CCC1CCN(C(=O)c2cccc(Cl)c2)C1. The van der Waals surface area contributed by atoms with Crippen molar-refractivity contribution in [2.75, 3.05) is 26.4 Å². The molecule has 1 atom stereocenters. The molecule has 3 N–H and O–H groups in total. The van der Waals surface area contributed by atoms with Crippen LogP contribution in [0.3, 0.4) is 0 Å². The number of benzene rings is 1. The number of halogens is 1. The van der Waals surface area contributed by atoms with Crippen molar-refractivity contribution in [3.63, 3.8) is 0 Å². The zero-order valence-corrected chi connectivity index (χ0v) is 20.8. The zero-order valence-electron chi connectivity index (χ0n) is 20.0. The number of aliphatic hydroxyl groups is 1. The van der Waals surface area contributed by atoms with Crippen molar-refractivity contribution in [3.8, 4) is 0 Å². The third kappa shape index (κ3) is 7.96. The molecule has 1 aromatic carbocycles. The Morgan fingerprint density at radius 1 is 1.31 bits per heavy atom. The van der Waals surface area contributed by atoms with E-state index in [1.165, 1.54) is 0 Å². The summed E-state index contributed by atoms with van der Waals surface area (Å²) in [5.74, 6) is 0.685. The first-order valence-corrected chi connectivity index (χ1v) is 12.5. The molecule has 1 unspecified atom stereocenters. The maximum Gasteiger partial charge on any atom is 0.253 e. The van der Waals surface area contributed by atoms with Gasteiger partial charge in [0.2, 0.25) is 0 Å². The molecule has 0 spiro atoms. The van der Waals surface area contributed by atoms with Crippen LogP contribution in [0.5, 0.6) is 0 Å². The summed E-state index contributed by atoms with van der Waals surface area (Å²) in [6, 6.07) is 7.09. The molecule has 6 nitrogen and oxygen atoms in total. The summed E-state index contributed by atoms with van der Waals surface area (Å²) >= 11 is 6.03. The second-order valence-electron chi connectivity index (χ2n) is 9.35. The standard InChI is InChI=1S/C25H41ClN4O2/c1-4-6-13-25(3,14-7-5-2)28-24(27)30(19-31)16-12-20-11-15-29(18-20)23(32)21-9-8-10-22(26)17-21/h8-10,17,20,31H,4-7,11-16,18-19H2,1-3H3,(H2,27,28). The first kappa shape index (κ1) is 26.5. The van der Waals surface area contributed by atoms with Gasteiger partial charge in [-0.1, -0.05) is 57.2 Å². The summed E-state index contributed by atoms with van der Waals surface area (Å²) in [6.45, 7) is 8.43. The van der Waals surface area contributed by atoms with E-state index in [1.54, 1.807) is 29.2 Å². The third-order valence-corrected chi connectivity index (χ3v) is 6.76. The van der Waals surface area contributed by atoms with Gasteiger partial charge in [0.15, 0.2) is 5.96 Å². The molecular formula is C25H41ClN4O2. The van der Waals surface area contributed by atoms with E-state index < -0.39 is 0 Å². The van der Waals surface area contributed by atoms with Crippen molar-refractivity contribution in [1.29, 1.82) is 5.41 Å². The van der Waals surface area contributed by atoms with Crippen LogP contribution < -0.4 is 5.32 Å². The Hall–Kier alpha value is -1.79. The summed E-state index contributed by atoms with van der Waals surface area (Å²) in [6.07, 6.45) is 8.33. The quantitative estimate of drug-likeness (QED) is 0.228. The Labute approximate surface area is 198 Å². The van der Waals surface area contributed by atoms with Gasteiger partial charge >= 0.3 is 0 Å². The van der Waals surface area contributed by atoms with Gasteiger partial charge in [0, 0.05) is 35.8 Å². The van der Waals surface area contributed by atoms with E-state index in [9.17, 15) is 9.90 Å². The normalized spacial score (nSPS) is 16.3. The van der Waals surface area contributed by atoms with E-state index in [-0.39, 0.29) is 18.2 Å². The summed E-state index contributed by atoms with van der Waals surface area (Å²) in [4.78, 5) is 16.3. The molecule has 1 saturated heterocycles. The topological polar surface area (TPSA) is 79.7 Å². The molecule has 0 aromatic heterocycles. The predicted octanol–water partition coefficient (Wildman–Crippen LogP) is 5.11. The van der Waals surface area contributed by atoms with E-state index in [0.29, 0.717) is 35.6 Å². The van der Waals surface area contributed by atoms with Gasteiger partial charge in [0.1, 0.15) is 6.73 Å². The second kappa shape index (κ2) is 13.0. The average molecular weight is 465 g/mol. The molecule has 7 heteroatoms. The number of likely N-dealkylation sites (tertiary alicyclic amines) is 1. The van der Waals surface area contributed by atoms with Gasteiger partial charge in [-0.05, 0) is 56.7 Å². The fourth-order valence-electron chi connectivity index (χ4n) is 4.40. The number of unbranched alkanes of at least 4 members (excludes halogenated alkanes) is 2. The van der Waals surface area contributed by atoms with Crippen LogP contribution in [0.1, 0.15) is 82.5 Å². The van der Waals surface area contributed by atoms with E-state index in [1.807, 2.05) is 4.90 Å². The van der Waals surface area contributed by atoms with Crippen LogP contribution in [0.2, 0.25) is 5.02 Å². The molecule has 32 heavy (non-hydrogen) atoms. The number of aliphatic hydroxyl groups excluding tert-OH is 1. The molecule has 1 amide bonds. The number of guanidine groups is 1. The van der Waals surface area contributed by atoms with Crippen molar-refractivity contribution in [3.05, 3.63) is 34.9 Å². The average Bonchev–Trinajstić information content (AvgIpc) is 3.25. The van der Waals surface area contributed by atoms with Crippen molar-refractivity contribution in [2.45, 2.75) is 77.7 Å². The van der Waals surface area contributed by atoms with Crippen molar-refractivity contribution >= 4 is 23.5 Å². The lowest BCUT2D eigenvalue weighted by Crippen LogP contribution is -2.52. The summed E-state index contributed by atoms with van der Waals surface area (Å²) in [7, 11) is 0. The van der Waals surface area contributed by atoms with E-state index in [2.05, 4.69) is 26.1 Å². The number of rotatable bonds is 12. The Bertz CT molecular complexity index is 734. The summed E-state index contributed by atoms with van der Waals surface area (Å²) in [5.41, 5.74) is 0.504. The second-order valence-corrected chi connectivity index (χ2v) is 9.79. The molecular weight excluding hydrogens is 424 g/mol. The first-order valence-electron chi connectivity index (χ1n) is 12.1. The van der Waals surface area contributed by atoms with Gasteiger partial charge in [-0.2, -0.15) is 0 Å². The third-order valence-electron chi connectivity index (χ3n) is 6.52. The van der Waals surface area contributed by atoms with Crippen LogP contribution in [0, 0.1) is 11.3 Å². The largest absolute Gasteiger partial charge is 0.376 e. The van der Waals surface area contributed by atoms with Gasteiger partial charge in [-0.25, -0.2) is 0 Å². The maximum absolute atomic E-state index is 12.7. The predicted molar refractivity (Wildman–Crippen MR) is 132 cm³/mol. The summed E-state index contributed by atoms with van der Waals surface area (Å²) < 4.78 is 0. The Morgan fingerprint density at radius 2 is 2.00 bits per heavy atom. The lowest BCUT2D eigenvalue weighted by molar-refractivity contribution is 0.0784. The molecule has 0 bridgehead atoms. The zero-order chi connectivity index (χ0) is 23.6. The highest BCUT2D eigenvalue weighted by atomic mass is 35.5. The summed E-state index contributed by atoms with van der Waals surface area (Å²) in [5, 5.41) is 22.5. The number of amides is 1. The number of carbonyl (C=O) groups excluding carboxylic acids is 1. The monoisotopic (exact) mass is 464 g/mol. The van der Waals surface area contributed by atoms with Crippen LogP contribution in [0.15, 0.2) is 24.3 Å². The molecule has 1 heterocycles. The van der Waals surface area contributed by atoms with Crippen LogP contribution in [-0.4, -0.2) is 58.7 Å². The minimum absolute atomic E-state index is 0.0195. The van der Waals surface area contributed by atoms with E-state index in [0.717, 1.165) is 57.9 Å². The van der Waals surface area contributed by atoms with Crippen molar-refractivity contribution < 1.29 is 9.90 Å². The van der Waals surface area contributed by atoms with Crippen LogP contribution in [0.4, 0.5) is 0 Å². The fourth-order valence-corrected chi connectivity index (χ4v) is 4.59. The number of nitrogens with zero attached hydrogens (tertiary/aromatic N) is 2. The molecule has 0 radical (unpaired) electrons. The lowest BCUT2D eigenvalue weighted by Gasteiger charge is -2.35. The Balaban J connectivity index is 1.87. The molecule has 1 fully saturated rings. The van der Waals surface area contributed by atoms with Gasteiger partial charge < -0.3 is 20.2 Å². The van der Waals surface area contributed by atoms with E-state index >= 15 is 0 Å². The van der Waals surface area contributed by atoms with Gasteiger partial charge in [-0.3, -0.25) is 10.2 Å². The molecule has 0 aliphatic carbocycles. The number of carbonyl (C=O) groups is 1. The fraction of sp³-hybridized carbons (Fsp3) is 0.680. The Kier molecular flexibility index (Phi) is 10.8. The molecule has 1 aliphatic rings. The van der Waals surface area contributed by atoms with Crippen LogP contribution in [0.25, 0.3) is 0 Å².